The highest BCUT2D eigenvalue weighted by molar-refractivity contribution is 7.99. The Morgan fingerprint density at radius 3 is 2.26 bits per heavy atom. The van der Waals surface area contributed by atoms with Crippen LogP contribution in [0.5, 0.6) is 0 Å². The lowest BCUT2D eigenvalue weighted by Gasteiger charge is -2.18. The predicted octanol–water partition coefficient (Wildman–Crippen LogP) is 4.53. The summed E-state index contributed by atoms with van der Waals surface area (Å²) in [6.07, 6.45) is 0.534. The van der Waals surface area contributed by atoms with E-state index < -0.39 is 18.1 Å². The first-order valence-electron chi connectivity index (χ1n) is 10.5. The molecule has 3 rings (SSSR count). The van der Waals surface area contributed by atoms with Crippen LogP contribution in [0.1, 0.15) is 36.8 Å². The van der Waals surface area contributed by atoms with E-state index >= 15 is 0 Å². The Bertz CT molecular complexity index is 858. The zero-order valence-electron chi connectivity index (χ0n) is 17.9. The molecule has 166 valence electrons. The number of ether oxygens (including phenoxy) is 2. The zero-order chi connectivity index (χ0) is 22.2. The third-order valence-electron chi connectivity index (χ3n) is 5.47. The number of nitrogens with one attached hydrogen (secondary N) is 1. The first-order valence-corrected chi connectivity index (χ1v) is 11.5. The van der Waals surface area contributed by atoms with Crippen molar-refractivity contribution in [2.75, 3.05) is 26.1 Å². The van der Waals surface area contributed by atoms with E-state index in [4.69, 9.17) is 9.47 Å². The monoisotopic (exact) mass is 443 g/mol. The first-order chi connectivity index (χ1) is 15.0. The fourth-order valence-corrected chi connectivity index (χ4v) is 4.83. The molecule has 1 amide bonds. The van der Waals surface area contributed by atoms with Gasteiger partial charge in [-0.15, -0.1) is 0 Å². The van der Waals surface area contributed by atoms with Crippen LogP contribution < -0.4 is 5.32 Å². The van der Waals surface area contributed by atoms with E-state index in [2.05, 4.69) is 24.4 Å². The average Bonchev–Trinajstić information content (AvgIpc) is 3.09. The van der Waals surface area contributed by atoms with Gasteiger partial charge in [-0.1, -0.05) is 55.5 Å². The highest BCUT2D eigenvalue weighted by Crippen LogP contribution is 2.44. The molecule has 2 N–H and O–H groups in total. The van der Waals surface area contributed by atoms with Crippen LogP contribution in [0.3, 0.4) is 0 Å². The molecular formula is C24H29NO5S. The van der Waals surface area contributed by atoms with Crippen molar-refractivity contribution in [3.05, 3.63) is 59.7 Å². The SMILES string of the molecule is COCCC(C)SCCC(NC(=O)OCC1c2ccccc2-c2ccccc21)C(=O)O. The topological polar surface area (TPSA) is 84.9 Å². The van der Waals surface area contributed by atoms with Crippen LogP contribution in [0.4, 0.5) is 4.79 Å². The Labute approximate surface area is 187 Å². The molecule has 1 aliphatic rings. The van der Waals surface area contributed by atoms with Crippen molar-refractivity contribution in [2.24, 2.45) is 0 Å². The van der Waals surface area contributed by atoms with E-state index in [1.807, 2.05) is 36.4 Å². The summed E-state index contributed by atoms with van der Waals surface area (Å²) in [5, 5.41) is 12.3. The molecule has 2 aromatic carbocycles. The molecule has 1 aliphatic carbocycles. The van der Waals surface area contributed by atoms with Crippen molar-refractivity contribution in [3.63, 3.8) is 0 Å². The smallest absolute Gasteiger partial charge is 0.407 e. The number of methoxy groups -OCH3 is 1. The van der Waals surface area contributed by atoms with Gasteiger partial charge in [-0.2, -0.15) is 11.8 Å². The van der Waals surface area contributed by atoms with Crippen molar-refractivity contribution in [2.45, 2.75) is 37.0 Å². The van der Waals surface area contributed by atoms with E-state index in [9.17, 15) is 14.7 Å². The van der Waals surface area contributed by atoms with Crippen LogP contribution in [-0.4, -0.2) is 54.5 Å². The third-order valence-corrected chi connectivity index (χ3v) is 6.75. The summed E-state index contributed by atoms with van der Waals surface area (Å²) >= 11 is 1.67. The van der Waals surface area contributed by atoms with Gasteiger partial charge in [-0.05, 0) is 40.8 Å². The van der Waals surface area contributed by atoms with Crippen molar-refractivity contribution >= 4 is 23.8 Å². The van der Waals surface area contributed by atoms with Crippen molar-refractivity contribution in [1.82, 2.24) is 5.32 Å². The zero-order valence-corrected chi connectivity index (χ0v) is 18.7. The number of hydrogen-bond donors (Lipinski definition) is 2. The lowest BCUT2D eigenvalue weighted by atomic mass is 9.98. The van der Waals surface area contributed by atoms with E-state index in [0.717, 1.165) is 28.7 Å². The maximum atomic E-state index is 12.4. The quantitative estimate of drug-likeness (QED) is 0.531. The Hall–Kier alpha value is -2.51. The molecule has 2 atom stereocenters. The molecule has 0 saturated carbocycles. The van der Waals surface area contributed by atoms with Crippen LogP contribution in [0.15, 0.2) is 48.5 Å². The van der Waals surface area contributed by atoms with E-state index in [0.29, 0.717) is 24.0 Å². The van der Waals surface area contributed by atoms with Crippen molar-refractivity contribution in [1.29, 1.82) is 0 Å². The third kappa shape index (κ3) is 6.02. The number of rotatable bonds is 11. The number of alkyl carbamates (subject to hydrolysis) is 1. The predicted molar refractivity (Wildman–Crippen MR) is 123 cm³/mol. The minimum Gasteiger partial charge on any atom is -0.480 e. The fraction of sp³-hybridized carbons (Fsp3) is 0.417. The number of carboxylic acid groups (broad SMARTS) is 1. The number of fused-ring (bicyclic) bond motifs is 3. The molecule has 2 unspecified atom stereocenters. The van der Waals surface area contributed by atoms with E-state index in [1.54, 1.807) is 18.9 Å². The molecule has 0 fully saturated rings. The molecule has 0 radical (unpaired) electrons. The van der Waals surface area contributed by atoms with Gasteiger partial charge in [0.05, 0.1) is 0 Å². The number of carbonyl (C=O) groups is 2. The highest BCUT2D eigenvalue weighted by Gasteiger charge is 2.29. The van der Waals surface area contributed by atoms with Gasteiger partial charge >= 0.3 is 12.1 Å². The Morgan fingerprint density at radius 1 is 1.06 bits per heavy atom. The van der Waals surface area contributed by atoms with Gasteiger partial charge in [0.25, 0.3) is 0 Å². The molecule has 0 aliphatic heterocycles. The number of thioether (sulfide) groups is 1. The van der Waals surface area contributed by atoms with Gasteiger partial charge < -0.3 is 19.9 Å². The number of amides is 1. The summed E-state index contributed by atoms with van der Waals surface area (Å²) < 4.78 is 10.5. The molecule has 6 nitrogen and oxygen atoms in total. The van der Waals surface area contributed by atoms with E-state index in [1.165, 1.54) is 0 Å². The standard InChI is InChI=1S/C24H29NO5S/c1-16(11-13-29-2)31-14-12-22(23(26)27)25-24(28)30-15-21-19-9-5-3-7-17(19)18-8-4-6-10-20(18)21/h3-10,16,21-22H,11-15H2,1-2H3,(H,25,28)(H,26,27). The molecule has 0 heterocycles. The van der Waals surface area contributed by atoms with Crippen molar-refractivity contribution < 1.29 is 24.2 Å². The second kappa shape index (κ2) is 11.2. The Morgan fingerprint density at radius 2 is 1.68 bits per heavy atom. The molecule has 7 heteroatoms. The molecule has 0 bridgehead atoms. The number of carbonyl (C=O) groups excluding carboxylic acids is 1. The summed E-state index contributed by atoms with van der Waals surface area (Å²) in [5.41, 5.74) is 4.53. The maximum absolute atomic E-state index is 12.4. The molecule has 0 saturated heterocycles. The molecule has 0 aromatic heterocycles. The van der Waals surface area contributed by atoms with E-state index in [-0.39, 0.29) is 12.5 Å². The average molecular weight is 444 g/mol. The fourth-order valence-electron chi connectivity index (χ4n) is 3.79. The minimum absolute atomic E-state index is 0.0568. The number of carboxylic acids is 1. The summed E-state index contributed by atoms with van der Waals surface area (Å²) in [6.45, 7) is 2.92. The second-order valence-electron chi connectivity index (χ2n) is 7.61. The number of hydrogen-bond acceptors (Lipinski definition) is 5. The van der Waals surface area contributed by atoms with Crippen LogP contribution in [0, 0.1) is 0 Å². The number of benzene rings is 2. The van der Waals surface area contributed by atoms with Crippen LogP contribution in [0.25, 0.3) is 11.1 Å². The summed E-state index contributed by atoms with van der Waals surface area (Å²) in [7, 11) is 1.66. The van der Waals surface area contributed by atoms with Gasteiger partial charge in [-0.25, -0.2) is 9.59 Å². The van der Waals surface area contributed by atoms with Gasteiger partial charge in [0, 0.05) is 24.9 Å². The van der Waals surface area contributed by atoms with Crippen LogP contribution >= 0.6 is 11.8 Å². The second-order valence-corrected chi connectivity index (χ2v) is 9.16. The molecule has 31 heavy (non-hydrogen) atoms. The minimum atomic E-state index is -1.06. The molecule has 2 aromatic rings. The summed E-state index contributed by atoms with van der Waals surface area (Å²) in [6, 6.07) is 15.2. The highest BCUT2D eigenvalue weighted by atomic mass is 32.2. The van der Waals surface area contributed by atoms with Crippen molar-refractivity contribution in [3.8, 4) is 11.1 Å². The summed E-state index contributed by atoms with van der Waals surface area (Å²) in [5.74, 6) is -0.483. The maximum Gasteiger partial charge on any atom is 0.407 e. The number of aliphatic carboxylic acids is 1. The normalized spacial score (nSPS) is 14.4. The Kier molecular flexibility index (Phi) is 8.37. The van der Waals surface area contributed by atoms with Gasteiger partial charge in [0.1, 0.15) is 12.6 Å². The first kappa shape index (κ1) is 23.2. The lowest BCUT2D eigenvalue weighted by Crippen LogP contribution is -2.41. The molecule has 0 spiro atoms. The molecular weight excluding hydrogens is 414 g/mol. The van der Waals surface area contributed by atoms with Gasteiger partial charge in [-0.3, -0.25) is 0 Å². The largest absolute Gasteiger partial charge is 0.480 e. The van der Waals surface area contributed by atoms with Crippen LogP contribution in [0.2, 0.25) is 0 Å². The van der Waals surface area contributed by atoms with Crippen LogP contribution in [-0.2, 0) is 14.3 Å². The Balaban J connectivity index is 1.53. The van der Waals surface area contributed by atoms with Gasteiger partial charge in [0.2, 0.25) is 0 Å². The van der Waals surface area contributed by atoms with Gasteiger partial charge in [0.15, 0.2) is 0 Å². The lowest BCUT2D eigenvalue weighted by molar-refractivity contribution is -0.139. The summed E-state index contributed by atoms with van der Waals surface area (Å²) in [4.78, 5) is 23.9.